The molecule has 0 heterocycles. The Hall–Kier alpha value is 0. The summed E-state index contributed by atoms with van der Waals surface area (Å²) in [6.07, 6.45) is 42.4. The number of hydrogen-bond donors (Lipinski definition) is 0. The summed E-state index contributed by atoms with van der Waals surface area (Å²) in [5.41, 5.74) is 1.19. The Kier molecular flexibility index (Phi) is 45.0. The van der Waals surface area contributed by atoms with Gasteiger partial charge in [-0.15, -0.1) is 0 Å². The van der Waals surface area contributed by atoms with Gasteiger partial charge in [0, 0.05) is 0 Å². The first-order valence-electron chi connectivity index (χ1n) is 29.5. The lowest BCUT2D eigenvalue weighted by Gasteiger charge is -2.24. The van der Waals surface area contributed by atoms with Crippen LogP contribution in [0.2, 0.25) is 0 Å². The Morgan fingerprint density at radius 3 is 1.05 bits per heavy atom. The van der Waals surface area contributed by atoms with Gasteiger partial charge in [0.1, 0.15) is 0 Å². The minimum absolute atomic E-state index is 0.500. The van der Waals surface area contributed by atoms with Crippen LogP contribution in [-0.4, -0.2) is 0 Å². The van der Waals surface area contributed by atoms with E-state index in [2.05, 4.69) is 145 Å². The molecule has 0 amide bonds. The fourth-order valence-electron chi connectivity index (χ4n) is 9.24. The van der Waals surface area contributed by atoms with Gasteiger partial charge in [0.15, 0.2) is 0 Å². The predicted octanol–water partition coefficient (Wildman–Crippen LogP) is 23.4. The molecular weight excluding hydrogens is 757 g/mol. The maximum absolute atomic E-state index is 2.36. The smallest absolute Gasteiger partial charge is 0.0354 e. The van der Waals surface area contributed by atoms with Crippen LogP contribution < -0.4 is 0 Å². The highest BCUT2D eigenvalue weighted by molar-refractivity contribution is 4.74. The molecule has 0 spiro atoms. The molecule has 0 radical (unpaired) electrons. The van der Waals surface area contributed by atoms with Gasteiger partial charge in [-0.3, -0.25) is 0 Å². The lowest BCUT2D eigenvalue weighted by atomic mass is 9.82. The minimum atomic E-state index is 0.500. The van der Waals surface area contributed by atoms with E-state index in [9.17, 15) is 0 Å². The molecule has 0 aliphatic heterocycles. The summed E-state index contributed by atoms with van der Waals surface area (Å²) < 4.78 is 0. The summed E-state index contributed by atoms with van der Waals surface area (Å²) in [5, 5.41) is 0. The molecule has 4 unspecified atom stereocenters. The molecule has 384 valence electrons. The molecule has 0 saturated heterocycles. The highest BCUT2D eigenvalue weighted by atomic mass is 14.3. The van der Waals surface area contributed by atoms with Crippen molar-refractivity contribution in [2.24, 2.45) is 75.9 Å². The third-order valence-corrected chi connectivity index (χ3v) is 17.1. The van der Waals surface area contributed by atoms with E-state index in [-0.39, 0.29) is 0 Å². The zero-order valence-corrected chi connectivity index (χ0v) is 48.9. The van der Waals surface area contributed by atoms with Crippen LogP contribution in [0.4, 0.5) is 0 Å². The van der Waals surface area contributed by atoms with Gasteiger partial charge in [0.05, 0.1) is 0 Å². The van der Waals surface area contributed by atoms with Crippen molar-refractivity contribution in [1.82, 2.24) is 0 Å². The summed E-state index contributed by atoms with van der Waals surface area (Å²) in [5.74, 6) is 10.9. The van der Waals surface area contributed by atoms with Crippen LogP contribution >= 0.6 is 0 Å². The molecule has 63 heavy (non-hydrogen) atoms. The molecule has 0 nitrogen and oxygen atoms in total. The number of hydrogen-bond acceptors (Lipinski definition) is 0. The molecule has 6 rings (SSSR count). The average molecular weight is 890 g/mol. The summed E-state index contributed by atoms with van der Waals surface area (Å²) in [6.45, 7) is 48.2. The molecule has 0 heteroatoms. The van der Waals surface area contributed by atoms with Crippen molar-refractivity contribution in [3.05, 3.63) is 0 Å². The van der Waals surface area contributed by atoms with Crippen molar-refractivity contribution in [2.45, 2.75) is 332 Å². The summed E-state index contributed by atoms with van der Waals surface area (Å²) in [7, 11) is 0. The van der Waals surface area contributed by atoms with Crippen molar-refractivity contribution in [3.63, 3.8) is 0 Å². The van der Waals surface area contributed by atoms with E-state index in [1.54, 1.807) is 0 Å². The molecule has 6 atom stereocenters. The summed E-state index contributed by atoms with van der Waals surface area (Å²) in [6, 6.07) is 0. The quantitative estimate of drug-likeness (QED) is 0.228. The normalized spacial score (nSPS) is 25.0. The molecule has 6 saturated carbocycles. The molecule has 6 aliphatic carbocycles. The van der Waals surface area contributed by atoms with E-state index < -0.39 is 0 Å². The second kappa shape index (κ2) is 42.1. The second-order valence-corrected chi connectivity index (χ2v) is 25.6. The first kappa shape index (κ1) is 67.3. The summed E-state index contributed by atoms with van der Waals surface area (Å²) in [4.78, 5) is 0. The highest BCUT2D eigenvalue weighted by Gasteiger charge is 2.22. The monoisotopic (exact) mass is 889 g/mol. The Morgan fingerprint density at radius 1 is 0.476 bits per heavy atom. The van der Waals surface area contributed by atoms with Crippen molar-refractivity contribution in [3.8, 4) is 0 Å². The Bertz CT molecular complexity index is 842. The lowest BCUT2D eigenvalue weighted by molar-refractivity contribution is 0.283. The van der Waals surface area contributed by atoms with Gasteiger partial charge in [-0.2, -0.15) is 0 Å². The van der Waals surface area contributed by atoms with E-state index in [4.69, 9.17) is 0 Å². The third kappa shape index (κ3) is 44.3. The van der Waals surface area contributed by atoms with Crippen LogP contribution in [0.3, 0.4) is 0 Å². The zero-order valence-electron chi connectivity index (χ0n) is 48.9. The molecule has 0 N–H and O–H groups in total. The van der Waals surface area contributed by atoms with Crippen LogP contribution in [0.5, 0.6) is 0 Å². The van der Waals surface area contributed by atoms with Crippen LogP contribution in [0, 0.1) is 75.9 Å². The van der Waals surface area contributed by atoms with Crippen molar-refractivity contribution in [2.75, 3.05) is 0 Å². The van der Waals surface area contributed by atoms with E-state index in [1.165, 1.54) is 186 Å². The van der Waals surface area contributed by atoms with Crippen molar-refractivity contribution >= 4 is 0 Å². The molecule has 0 bridgehead atoms. The molecule has 6 aliphatic rings. The average Bonchev–Trinajstić information content (AvgIpc) is 4.05. The second-order valence-electron chi connectivity index (χ2n) is 25.6. The first-order valence-corrected chi connectivity index (χ1v) is 29.5. The van der Waals surface area contributed by atoms with E-state index in [1.807, 2.05) is 0 Å². The van der Waals surface area contributed by atoms with Crippen LogP contribution in [-0.2, 0) is 0 Å². The molecule has 0 aromatic heterocycles. The van der Waals surface area contributed by atoms with Gasteiger partial charge in [0.25, 0.3) is 0 Å². The fraction of sp³-hybridized carbons (Fsp3) is 1.00. The number of rotatable bonds is 8. The maximum Gasteiger partial charge on any atom is -0.0354 e. The van der Waals surface area contributed by atoms with Gasteiger partial charge < -0.3 is 0 Å². The van der Waals surface area contributed by atoms with E-state index in [0.29, 0.717) is 10.8 Å². The molecular formula is C63H132. The van der Waals surface area contributed by atoms with Crippen molar-refractivity contribution < 1.29 is 0 Å². The topological polar surface area (TPSA) is 0 Å². The Balaban J connectivity index is -0.000000643. The predicted molar refractivity (Wildman–Crippen MR) is 296 cm³/mol. The van der Waals surface area contributed by atoms with Crippen LogP contribution in [0.1, 0.15) is 332 Å². The van der Waals surface area contributed by atoms with Gasteiger partial charge in [-0.25, -0.2) is 0 Å². The summed E-state index contributed by atoms with van der Waals surface area (Å²) >= 11 is 0. The Labute approximate surface area is 405 Å². The standard InChI is InChI=1S/6C7H14.3C7H16/c1-6-3-4-7(2)5-6;1-7(2)5-3-4-6-7;1-6-4-3-5-7(6)2;1-7-5-3-2-4-6-7;1-2-7-5-3-4-6-7;1-2-4-7-5-3-6-7;1-6(2)7(3,4)5;1-5-7(4)6(2)3;1-4-6-7(3)5-2/h6-7H,3-5H2,1-2H3;3-6H2,1-2H3;6-7H,3-5H2,1-2H3;3*7H,2-6H2,1H3;6H,1-5H3;6-7H,5H2,1-4H3;7H,4-6H2,1-3H3/t6-,7?;;6-,7?;;;;;;/m1.1....../s1. The molecule has 0 aromatic carbocycles. The lowest BCUT2D eigenvalue weighted by Crippen LogP contribution is -2.12. The Morgan fingerprint density at radius 2 is 0.905 bits per heavy atom. The first-order chi connectivity index (χ1) is 29.5. The van der Waals surface area contributed by atoms with E-state index >= 15 is 0 Å². The van der Waals surface area contributed by atoms with Gasteiger partial charge in [-0.1, -0.05) is 312 Å². The van der Waals surface area contributed by atoms with Crippen molar-refractivity contribution in [1.29, 1.82) is 0 Å². The van der Waals surface area contributed by atoms with Crippen LogP contribution in [0.25, 0.3) is 0 Å². The SMILES string of the molecule is CC(C)C(C)(C)C.CC1(C)CCCC1.CC1CCCCC1.CC1CCC[C@H]1C.CC1CC[C@@H](C)C1.CCC(C)C(C)C.CCC1CCCC1.CCCC(C)CC.CCCC1CCC1. The van der Waals surface area contributed by atoms with Crippen LogP contribution in [0.15, 0.2) is 0 Å². The fourth-order valence-corrected chi connectivity index (χ4v) is 9.24. The van der Waals surface area contributed by atoms with Gasteiger partial charge >= 0.3 is 0 Å². The minimum Gasteiger partial charge on any atom is -0.0654 e. The van der Waals surface area contributed by atoms with Gasteiger partial charge in [0.2, 0.25) is 0 Å². The maximum atomic E-state index is 2.36. The largest absolute Gasteiger partial charge is 0.0654 e. The molecule has 0 aromatic rings. The third-order valence-electron chi connectivity index (χ3n) is 17.1. The molecule has 6 fully saturated rings. The zero-order chi connectivity index (χ0) is 48.9. The van der Waals surface area contributed by atoms with Gasteiger partial charge in [-0.05, 0) is 95.2 Å². The van der Waals surface area contributed by atoms with E-state index in [0.717, 1.165) is 65.1 Å². The highest BCUT2D eigenvalue weighted by Crippen LogP contribution is 2.36.